The molecule has 184 valence electrons. The zero-order valence-electron chi connectivity index (χ0n) is 19.4. The third-order valence-corrected chi connectivity index (χ3v) is 7.51. The SMILES string of the molecule is O=C(NC1CCOC1C(=O)NC[C@H]1CCC[C@H]1C(=O)O)OCC1c2ccccc2-c2ccccc21. The number of ether oxygens (including phenoxy) is 2. The zero-order valence-corrected chi connectivity index (χ0v) is 19.4. The Kier molecular flexibility index (Phi) is 6.72. The van der Waals surface area contributed by atoms with Crippen molar-refractivity contribution in [3.05, 3.63) is 59.7 Å². The Balaban J connectivity index is 1.15. The predicted octanol–water partition coefficient (Wildman–Crippen LogP) is 3.30. The van der Waals surface area contributed by atoms with Crippen molar-refractivity contribution in [1.82, 2.24) is 10.6 Å². The molecule has 3 N–H and O–H groups in total. The molecule has 1 saturated heterocycles. The molecule has 2 aliphatic carbocycles. The van der Waals surface area contributed by atoms with Crippen molar-refractivity contribution in [3.63, 3.8) is 0 Å². The molecule has 1 aliphatic heterocycles. The molecule has 8 nitrogen and oxygen atoms in total. The van der Waals surface area contributed by atoms with Gasteiger partial charge in [0.15, 0.2) is 6.10 Å². The maximum Gasteiger partial charge on any atom is 0.407 e. The first-order valence-corrected chi connectivity index (χ1v) is 12.3. The molecule has 0 radical (unpaired) electrons. The number of carbonyl (C=O) groups excluding carboxylic acids is 2. The van der Waals surface area contributed by atoms with Crippen molar-refractivity contribution in [1.29, 1.82) is 0 Å². The molecule has 0 spiro atoms. The summed E-state index contributed by atoms with van der Waals surface area (Å²) in [5.74, 6) is -1.68. The largest absolute Gasteiger partial charge is 0.481 e. The van der Waals surface area contributed by atoms with Crippen LogP contribution in [-0.4, -0.2) is 55.0 Å². The average Bonchev–Trinajstić information content (AvgIpc) is 3.59. The summed E-state index contributed by atoms with van der Waals surface area (Å²) in [4.78, 5) is 36.8. The van der Waals surface area contributed by atoms with Crippen molar-refractivity contribution in [2.45, 2.75) is 43.7 Å². The normalized spacial score (nSPS) is 25.0. The Bertz CT molecular complexity index is 1070. The number of nitrogens with one attached hydrogen (secondary N) is 2. The van der Waals surface area contributed by atoms with Crippen molar-refractivity contribution in [3.8, 4) is 11.1 Å². The lowest BCUT2D eigenvalue weighted by Gasteiger charge is -2.22. The van der Waals surface area contributed by atoms with Gasteiger partial charge in [-0.25, -0.2) is 4.79 Å². The number of benzene rings is 2. The molecule has 35 heavy (non-hydrogen) atoms. The molecule has 0 aromatic heterocycles. The van der Waals surface area contributed by atoms with Crippen molar-refractivity contribution >= 4 is 18.0 Å². The number of fused-ring (bicyclic) bond motifs is 3. The number of carboxylic acid groups (broad SMARTS) is 1. The van der Waals surface area contributed by atoms with Gasteiger partial charge in [-0.1, -0.05) is 55.0 Å². The van der Waals surface area contributed by atoms with Gasteiger partial charge in [0.25, 0.3) is 5.91 Å². The third-order valence-electron chi connectivity index (χ3n) is 7.51. The van der Waals surface area contributed by atoms with Crippen LogP contribution in [0.5, 0.6) is 0 Å². The second-order valence-corrected chi connectivity index (χ2v) is 9.54. The van der Waals surface area contributed by atoms with E-state index >= 15 is 0 Å². The summed E-state index contributed by atoms with van der Waals surface area (Å²) >= 11 is 0. The highest BCUT2D eigenvalue weighted by Crippen LogP contribution is 2.44. The molecule has 2 amide bonds. The van der Waals surface area contributed by atoms with Crippen molar-refractivity contribution in [2.24, 2.45) is 11.8 Å². The molecule has 2 aromatic rings. The molecule has 1 heterocycles. The summed E-state index contributed by atoms with van der Waals surface area (Å²) in [7, 11) is 0. The summed E-state index contributed by atoms with van der Waals surface area (Å²) in [6.45, 7) is 0.851. The monoisotopic (exact) mass is 478 g/mol. The van der Waals surface area contributed by atoms with Crippen LogP contribution in [0, 0.1) is 11.8 Å². The minimum absolute atomic E-state index is 0.0410. The Labute approximate surface area is 204 Å². The Hall–Kier alpha value is -3.39. The van der Waals surface area contributed by atoms with Gasteiger partial charge in [-0.2, -0.15) is 0 Å². The van der Waals surface area contributed by atoms with Gasteiger partial charge in [0.2, 0.25) is 0 Å². The van der Waals surface area contributed by atoms with Crippen LogP contribution in [0.4, 0.5) is 4.79 Å². The molecule has 5 rings (SSSR count). The Morgan fingerprint density at radius 1 is 0.971 bits per heavy atom. The highest BCUT2D eigenvalue weighted by molar-refractivity contribution is 5.83. The van der Waals surface area contributed by atoms with Crippen LogP contribution in [0.15, 0.2) is 48.5 Å². The standard InChI is InChI=1S/C27H30N2O6/c30-25(28-14-16-6-5-11-17(16)26(31)32)24-23(12-13-34-24)29-27(33)35-15-22-20-9-3-1-7-18(20)19-8-2-4-10-21(19)22/h1-4,7-10,16-17,22-24H,5-6,11-15H2,(H,28,30)(H,29,33)(H,31,32)/t16-,17-,23?,24?/m1/s1. The van der Waals surface area contributed by atoms with Crippen LogP contribution in [-0.2, 0) is 19.1 Å². The van der Waals surface area contributed by atoms with Crippen LogP contribution in [0.3, 0.4) is 0 Å². The van der Waals surface area contributed by atoms with Gasteiger partial charge in [0.1, 0.15) is 6.61 Å². The number of aliphatic carboxylic acids is 1. The average molecular weight is 479 g/mol. The molecule has 3 aliphatic rings. The predicted molar refractivity (Wildman–Crippen MR) is 128 cm³/mol. The van der Waals surface area contributed by atoms with Crippen molar-refractivity contribution < 1.29 is 29.0 Å². The fraction of sp³-hybridized carbons (Fsp3) is 0.444. The molecule has 1 saturated carbocycles. The molecule has 2 aromatic carbocycles. The lowest BCUT2D eigenvalue weighted by Crippen LogP contribution is -2.49. The second-order valence-electron chi connectivity index (χ2n) is 9.54. The van der Waals surface area contributed by atoms with Crippen molar-refractivity contribution in [2.75, 3.05) is 19.8 Å². The smallest absolute Gasteiger partial charge is 0.407 e. The van der Waals surface area contributed by atoms with E-state index in [1.165, 1.54) is 0 Å². The van der Waals surface area contributed by atoms with E-state index in [1.807, 2.05) is 24.3 Å². The molecular formula is C27H30N2O6. The molecule has 2 unspecified atom stereocenters. The van der Waals surface area contributed by atoms with E-state index < -0.39 is 30.1 Å². The maximum absolute atomic E-state index is 12.7. The number of hydrogen-bond acceptors (Lipinski definition) is 5. The second kappa shape index (κ2) is 10.1. The van der Waals surface area contributed by atoms with Gasteiger partial charge in [-0.15, -0.1) is 0 Å². The lowest BCUT2D eigenvalue weighted by atomic mass is 9.96. The molecular weight excluding hydrogens is 448 g/mol. The minimum atomic E-state index is -0.819. The number of carboxylic acids is 1. The van der Waals surface area contributed by atoms with E-state index in [2.05, 4.69) is 34.9 Å². The summed E-state index contributed by atoms with van der Waals surface area (Å²) in [5.41, 5.74) is 4.58. The zero-order chi connectivity index (χ0) is 24.4. The molecule has 0 bridgehead atoms. The Morgan fingerprint density at radius 3 is 2.34 bits per heavy atom. The number of alkyl carbamates (subject to hydrolysis) is 1. The van der Waals surface area contributed by atoms with Gasteiger partial charge in [-0.05, 0) is 47.4 Å². The summed E-state index contributed by atoms with van der Waals surface area (Å²) in [6, 6.07) is 15.8. The van der Waals surface area contributed by atoms with Gasteiger partial charge in [0.05, 0.1) is 12.0 Å². The fourth-order valence-electron chi connectivity index (χ4n) is 5.73. The minimum Gasteiger partial charge on any atom is -0.481 e. The van der Waals surface area contributed by atoms with E-state index in [4.69, 9.17) is 9.47 Å². The first-order valence-electron chi connectivity index (χ1n) is 12.3. The summed E-state index contributed by atoms with van der Waals surface area (Å²) < 4.78 is 11.2. The summed E-state index contributed by atoms with van der Waals surface area (Å²) in [5, 5.41) is 15.0. The van der Waals surface area contributed by atoms with E-state index in [1.54, 1.807) is 0 Å². The van der Waals surface area contributed by atoms with Gasteiger partial charge in [0, 0.05) is 19.1 Å². The third kappa shape index (κ3) is 4.75. The van der Waals surface area contributed by atoms with E-state index in [-0.39, 0.29) is 24.3 Å². The van der Waals surface area contributed by atoms with Crippen LogP contribution >= 0.6 is 0 Å². The van der Waals surface area contributed by atoms with Crippen LogP contribution in [0.25, 0.3) is 11.1 Å². The van der Waals surface area contributed by atoms with E-state index in [9.17, 15) is 19.5 Å². The number of amides is 2. The Morgan fingerprint density at radius 2 is 1.66 bits per heavy atom. The van der Waals surface area contributed by atoms with Crippen LogP contribution < -0.4 is 10.6 Å². The highest BCUT2D eigenvalue weighted by Gasteiger charge is 2.38. The number of carbonyl (C=O) groups is 3. The van der Waals surface area contributed by atoms with Gasteiger partial charge in [-0.3, -0.25) is 9.59 Å². The van der Waals surface area contributed by atoms with Gasteiger partial charge < -0.3 is 25.2 Å². The summed E-state index contributed by atoms with van der Waals surface area (Å²) in [6.07, 6.45) is 1.38. The molecule has 4 atom stereocenters. The van der Waals surface area contributed by atoms with E-state index in [0.717, 1.165) is 35.1 Å². The number of rotatable bonds is 7. The molecule has 2 fully saturated rings. The molecule has 8 heteroatoms. The maximum atomic E-state index is 12.7. The topological polar surface area (TPSA) is 114 Å². The highest BCUT2D eigenvalue weighted by atomic mass is 16.6. The lowest BCUT2D eigenvalue weighted by molar-refractivity contribution is -0.143. The first-order chi connectivity index (χ1) is 17.0. The van der Waals surface area contributed by atoms with E-state index in [0.29, 0.717) is 26.0 Å². The quantitative estimate of drug-likeness (QED) is 0.563. The number of hydrogen-bond donors (Lipinski definition) is 3. The first kappa shape index (κ1) is 23.4. The van der Waals surface area contributed by atoms with Crippen LogP contribution in [0.1, 0.15) is 42.7 Å². The van der Waals surface area contributed by atoms with Crippen LogP contribution in [0.2, 0.25) is 0 Å². The van der Waals surface area contributed by atoms with Gasteiger partial charge >= 0.3 is 12.1 Å². The fourth-order valence-corrected chi connectivity index (χ4v) is 5.73.